The van der Waals surface area contributed by atoms with Crippen molar-refractivity contribution in [1.82, 2.24) is 19.3 Å². The van der Waals surface area contributed by atoms with Crippen LogP contribution in [0.1, 0.15) is 50.7 Å². The number of pyridine rings is 2. The molecule has 11 nitrogen and oxygen atoms in total. The average molecular weight is 607 g/mol. The number of hydrogen-bond donors (Lipinski definition) is 1. The first-order valence-corrected chi connectivity index (χ1v) is 14.6. The number of amides is 2. The minimum Gasteiger partial charge on any atom is -0.475 e. The molecule has 1 fully saturated rings. The molecule has 2 atom stereocenters. The van der Waals surface area contributed by atoms with Crippen LogP contribution in [-0.4, -0.2) is 82.4 Å². The smallest absolute Gasteiger partial charge is 0.410 e. The highest BCUT2D eigenvalue weighted by molar-refractivity contribution is 6.14. The highest BCUT2D eigenvalue weighted by Gasteiger charge is 2.36. The summed E-state index contributed by atoms with van der Waals surface area (Å²) in [6.07, 6.45) is 2.97. The number of aromatic nitrogens is 3. The van der Waals surface area contributed by atoms with Crippen molar-refractivity contribution in [2.75, 3.05) is 43.6 Å². The Labute approximate surface area is 255 Å². The summed E-state index contributed by atoms with van der Waals surface area (Å²) in [5.41, 5.74) is 2.14. The summed E-state index contributed by atoms with van der Waals surface area (Å²) in [7, 11) is 1.59. The molecule has 12 heteroatoms. The molecular formula is C32H39FN6O5. The number of anilines is 2. The number of nitrogens with one attached hydrogen (secondary N) is 1. The monoisotopic (exact) mass is 606 g/mol. The van der Waals surface area contributed by atoms with Gasteiger partial charge in [-0.1, -0.05) is 0 Å². The number of fused-ring (bicyclic) bond motifs is 2. The molecule has 5 rings (SSSR count). The number of hydrogen-bond acceptors (Lipinski definition) is 8. The van der Waals surface area contributed by atoms with Crippen LogP contribution in [0.2, 0.25) is 0 Å². The molecule has 3 aromatic heterocycles. The van der Waals surface area contributed by atoms with Gasteiger partial charge in [-0.3, -0.25) is 9.69 Å². The standard InChI is InChI=1S/C32H39FN6O5/c1-19-15-38-18-22(14-25(33)29(38)34-19)35-30(40)24-8-10-26(23-9-11-27(36-28(23)24)43-13-12-42-7)37-16-20(2)39(21(3)17-37)31(41)44-32(4,5)6/h8-11,14-15,18,20-21H,12-13,16-17H2,1-7H3,(H,35,40)/t20-,21?/m0/s1. The van der Waals surface area contributed by atoms with E-state index in [0.717, 1.165) is 11.1 Å². The van der Waals surface area contributed by atoms with Crippen molar-refractivity contribution < 1.29 is 28.2 Å². The highest BCUT2D eigenvalue weighted by atomic mass is 19.1. The second-order valence-corrected chi connectivity index (χ2v) is 12.2. The number of imidazole rings is 1. The summed E-state index contributed by atoms with van der Waals surface area (Å²) in [5, 5.41) is 3.56. The molecule has 0 spiro atoms. The molecular weight excluding hydrogens is 567 g/mol. The van der Waals surface area contributed by atoms with Crippen LogP contribution in [0.5, 0.6) is 5.88 Å². The number of rotatable bonds is 7. The quantitative estimate of drug-likeness (QED) is 0.277. The van der Waals surface area contributed by atoms with Gasteiger partial charge in [0.05, 0.1) is 41.2 Å². The van der Waals surface area contributed by atoms with Crippen molar-refractivity contribution in [2.24, 2.45) is 0 Å². The molecule has 4 aromatic rings. The van der Waals surface area contributed by atoms with Gasteiger partial charge in [0.15, 0.2) is 11.5 Å². The van der Waals surface area contributed by atoms with E-state index in [1.807, 2.05) is 46.8 Å². The Morgan fingerprint density at radius 2 is 1.77 bits per heavy atom. The minimum atomic E-state index is -0.593. The molecule has 0 saturated carbocycles. The lowest BCUT2D eigenvalue weighted by Crippen LogP contribution is -2.59. The molecule has 4 heterocycles. The van der Waals surface area contributed by atoms with E-state index in [1.54, 1.807) is 47.9 Å². The van der Waals surface area contributed by atoms with Gasteiger partial charge in [0.2, 0.25) is 5.88 Å². The van der Waals surface area contributed by atoms with Gasteiger partial charge in [0.1, 0.15) is 12.2 Å². The number of carbonyl (C=O) groups is 2. The Hall–Kier alpha value is -4.45. The maximum absolute atomic E-state index is 14.7. The van der Waals surface area contributed by atoms with Crippen molar-refractivity contribution in [2.45, 2.75) is 59.2 Å². The normalized spacial score (nSPS) is 17.3. The van der Waals surface area contributed by atoms with Gasteiger partial charge in [-0.15, -0.1) is 0 Å². The molecule has 44 heavy (non-hydrogen) atoms. The van der Waals surface area contributed by atoms with Crippen molar-refractivity contribution >= 4 is 39.9 Å². The molecule has 2 amide bonds. The first-order valence-electron chi connectivity index (χ1n) is 14.6. The van der Waals surface area contributed by atoms with Gasteiger partial charge < -0.3 is 28.8 Å². The van der Waals surface area contributed by atoms with E-state index in [2.05, 4.69) is 15.2 Å². The van der Waals surface area contributed by atoms with Crippen LogP contribution < -0.4 is 15.0 Å². The van der Waals surface area contributed by atoms with Gasteiger partial charge in [-0.25, -0.2) is 19.2 Å². The Morgan fingerprint density at radius 3 is 2.45 bits per heavy atom. The maximum atomic E-state index is 14.7. The van der Waals surface area contributed by atoms with E-state index in [1.165, 1.54) is 6.07 Å². The van der Waals surface area contributed by atoms with E-state index < -0.39 is 17.3 Å². The zero-order valence-corrected chi connectivity index (χ0v) is 26.2. The lowest BCUT2D eigenvalue weighted by atomic mass is 10.0. The lowest BCUT2D eigenvalue weighted by Gasteiger charge is -2.45. The van der Waals surface area contributed by atoms with Gasteiger partial charge in [-0.05, 0) is 59.7 Å². The number of nitrogens with zero attached hydrogens (tertiary/aromatic N) is 5. The molecule has 1 unspecified atom stereocenters. The van der Waals surface area contributed by atoms with Crippen molar-refractivity contribution in [3.05, 3.63) is 59.8 Å². The third-order valence-corrected chi connectivity index (χ3v) is 7.34. The highest BCUT2D eigenvalue weighted by Crippen LogP contribution is 2.33. The predicted molar refractivity (Wildman–Crippen MR) is 166 cm³/mol. The van der Waals surface area contributed by atoms with E-state index in [0.29, 0.717) is 49.0 Å². The fraction of sp³-hybridized carbons (Fsp3) is 0.438. The van der Waals surface area contributed by atoms with Crippen LogP contribution in [0.3, 0.4) is 0 Å². The van der Waals surface area contributed by atoms with E-state index >= 15 is 0 Å². The molecule has 234 valence electrons. The zero-order chi connectivity index (χ0) is 31.8. The maximum Gasteiger partial charge on any atom is 0.410 e. The number of aryl methyl sites for hydroxylation is 1. The summed E-state index contributed by atoms with van der Waals surface area (Å²) in [5.74, 6) is -0.648. The third-order valence-electron chi connectivity index (χ3n) is 7.34. The summed E-state index contributed by atoms with van der Waals surface area (Å²) in [6.45, 7) is 13.1. The van der Waals surface area contributed by atoms with E-state index in [9.17, 15) is 14.0 Å². The summed E-state index contributed by atoms with van der Waals surface area (Å²) in [4.78, 5) is 39.5. The first-order chi connectivity index (χ1) is 20.8. The van der Waals surface area contributed by atoms with Crippen LogP contribution >= 0.6 is 0 Å². The molecule has 1 saturated heterocycles. The van der Waals surface area contributed by atoms with Crippen LogP contribution in [-0.2, 0) is 9.47 Å². The molecule has 1 aliphatic heterocycles. The summed E-state index contributed by atoms with van der Waals surface area (Å²) < 4.78 is 32.8. The Bertz CT molecular complexity index is 1690. The van der Waals surface area contributed by atoms with Crippen LogP contribution in [0.25, 0.3) is 16.6 Å². The molecule has 0 aliphatic carbocycles. The molecule has 1 aliphatic rings. The Kier molecular flexibility index (Phi) is 8.64. The van der Waals surface area contributed by atoms with Crippen molar-refractivity contribution in [3.63, 3.8) is 0 Å². The molecule has 0 radical (unpaired) electrons. The van der Waals surface area contributed by atoms with Crippen molar-refractivity contribution in [1.29, 1.82) is 0 Å². The average Bonchev–Trinajstić information content (AvgIpc) is 3.31. The van der Waals surface area contributed by atoms with Crippen LogP contribution in [0.15, 0.2) is 42.7 Å². The minimum absolute atomic E-state index is 0.132. The largest absolute Gasteiger partial charge is 0.475 e. The van der Waals surface area contributed by atoms with E-state index in [4.69, 9.17) is 19.2 Å². The predicted octanol–water partition coefficient (Wildman–Crippen LogP) is 5.44. The summed E-state index contributed by atoms with van der Waals surface area (Å²) in [6, 6.07) is 8.22. The Morgan fingerprint density at radius 1 is 1.05 bits per heavy atom. The van der Waals surface area contributed by atoms with Crippen LogP contribution in [0, 0.1) is 12.7 Å². The van der Waals surface area contributed by atoms with Gasteiger partial charge in [0.25, 0.3) is 5.91 Å². The number of halogens is 1. The van der Waals surface area contributed by atoms with Gasteiger partial charge in [-0.2, -0.15) is 0 Å². The lowest BCUT2D eigenvalue weighted by molar-refractivity contribution is 0.00566. The fourth-order valence-corrected chi connectivity index (χ4v) is 5.59. The second-order valence-electron chi connectivity index (χ2n) is 12.2. The molecule has 1 aromatic carbocycles. The number of methoxy groups -OCH3 is 1. The second kappa shape index (κ2) is 12.3. The third kappa shape index (κ3) is 6.54. The Balaban J connectivity index is 1.48. The topological polar surface area (TPSA) is 111 Å². The SMILES string of the molecule is COCCOc1ccc2c(N3CC(C)N(C(=O)OC(C)(C)C)[C@@H](C)C3)ccc(C(=O)Nc3cc(F)c4nc(C)cn4c3)c2n1. The number of ether oxygens (including phenoxy) is 3. The fourth-order valence-electron chi connectivity index (χ4n) is 5.59. The van der Waals surface area contributed by atoms with E-state index in [-0.39, 0.29) is 29.5 Å². The van der Waals surface area contributed by atoms with Gasteiger partial charge in [0, 0.05) is 55.8 Å². The number of benzene rings is 1. The number of carbonyl (C=O) groups excluding carboxylic acids is 2. The molecule has 1 N–H and O–H groups in total. The summed E-state index contributed by atoms with van der Waals surface area (Å²) >= 11 is 0. The molecule has 0 bridgehead atoms. The zero-order valence-electron chi connectivity index (χ0n) is 26.2. The number of piperazine rings is 1. The van der Waals surface area contributed by atoms with Gasteiger partial charge >= 0.3 is 6.09 Å². The van der Waals surface area contributed by atoms with Crippen molar-refractivity contribution in [3.8, 4) is 5.88 Å². The first kappa shape index (κ1) is 31.0. The van der Waals surface area contributed by atoms with Crippen LogP contribution in [0.4, 0.5) is 20.6 Å².